The number of hydrogen-bond donors (Lipinski definition) is 1. The van der Waals surface area contributed by atoms with Gasteiger partial charge in [-0.2, -0.15) is 0 Å². The van der Waals surface area contributed by atoms with Gasteiger partial charge in [0.1, 0.15) is 5.82 Å². The van der Waals surface area contributed by atoms with Crippen molar-refractivity contribution in [3.63, 3.8) is 0 Å². The van der Waals surface area contributed by atoms with Crippen molar-refractivity contribution in [2.24, 2.45) is 0 Å². The fraction of sp³-hybridized carbons (Fsp3) is 0.0833. The molecule has 7 heteroatoms. The van der Waals surface area contributed by atoms with Crippen LogP contribution in [0.1, 0.15) is 17.0 Å². The summed E-state index contributed by atoms with van der Waals surface area (Å²) in [5.74, 6) is 0.445. The number of hydrogen-bond acceptors (Lipinski definition) is 4. The topological polar surface area (TPSA) is 81.1 Å². The summed E-state index contributed by atoms with van der Waals surface area (Å²) < 4.78 is 27.2. The molecule has 0 unspecified atom stereocenters. The molecular weight excluding hydrogens is 410 g/mol. The Morgan fingerprint density at radius 2 is 1.68 bits per heavy atom. The van der Waals surface area contributed by atoms with Crippen LogP contribution in [-0.4, -0.2) is 24.2 Å². The van der Waals surface area contributed by atoms with Crippen LogP contribution < -0.4 is 10.3 Å². The Bertz CT molecular complexity index is 1450. The molecule has 0 atom stereocenters. The Kier molecular flexibility index (Phi) is 5.44. The molecule has 0 amide bonds. The normalized spacial score (nSPS) is 11.8. The van der Waals surface area contributed by atoms with Gasteiger partial charge in [-0.3, -0.25) is 14.1 Å². The Hall–Kier alpha value is -3.71. The first-order valence-corrected chi connectivity index (χ1v) is 11.5. The van der Waals surface area contributed by atoms with E-state index in [9.17, 15) is 13.2 Å². The van der Waals surface area contributed by atoms with E-state index in [1.54, 1.807) is 48.5 Å². The van der Waals surface area contributed by atoms with E-state index in [4.69, 9.17) is 0 Å². The lowest BCUT2D eigenvalue weighted by molar-refractivity contribution is 0.607. The molecule has 0 fully saturated rings. The third kappa shape index (κ3) is 4.73. The van der Waals surface area contributed by atoms with E-state index >= 15 is 0 Å². The molecule has 0 bridgehead atoms. The second-order valence-corrected chi connectivity index (χ2v) is 9.04. The summed E-state index contributed by atoms with van der Waals surface area (Å²) in [6, 6.07) is 21.8. The summed E-state index contributed by atoms with van der Waals surface area (Å²) in [5, 5.41) is 0.483. The predicted molar refractivity (Wildman–Crippen MR) is 126 cm³/mol. The average Bonchev–Trinajstić information content (AvgIpc) is 2.72. The van der Waals surface area contributed by atoms with Gasteiger partial charge in [0.15, 0.2) is 0 Å². The number of nitrogens with zero attached hydrogens (tertiary/aromatic N) is 2. The first kappa shape index (κ1) is 20.6. The highest BCUT2D eigenvalue weighted by molar-refractivity contribution is 7.92. The zero-order valence-electron chi connectivity index (χ0n) is 17.1. The van der Waals surface area contributed by atoms with E-state index in [0.717, 1.165) is 17.4 Å². The van der Waals surface area contributed by atoms with Crippen LogP contribution in [0.3, 0.4) is 0 Å². The molecule has 0 aliphatic rings. The van der Waals surface area contributed by atoms with Gasteiger partial charge < -0.3 is 0 Å². The lowest BCUT2D eigenvalue weighted by atomic mass is 10.1. The van der Waals surface area contributed by atoms with Crippen molar-refractivity contribution in [1.82, 2.24) is 9.55 Å². The average molecular weight is 432 g/mol. The van der Waals surface area contributed by atoms with E-state index in [2.05, 4.69) is 9.71 Å². The van der Waals surface area contributed by atoms with Gasteiger partial charge in [-0.15, -0.1) is 0 Å². The number of rotatable bonds is 5. The lowest BCUT2D eigenvalue weighted by Crippen LogP contribution is -2.22. The molecule has 31 heavy (non-hydrogen) atoms. The lowest BCUT2D eigenvalue weighted by Gasteiger charge is -2.13. The van der Waals surface area contributed by atoms with Crippen molar-refractivity contribution in [2.45, 2.75) is 6.92 Å². The monoisotopic (exact) mass is 431 g/mol. The van der Waals surface area contributed by atoms with Crippen LogP contribution in [0.15, 0.2) is 77.6 Å². The third-order valence-electron chi connectivity index (χ3n) is 4.71. The molecule has 3 aromatic carbocycles. The van der Waals surface area contributed by atoms with Crippen LogP contribution >= 0.6 is 0 Å². The third-order valence-corrected chi connectivity index (χ3v) is 5.32. The minimum absolute atomic E-state index is 0.231. The summed E-state index contributed by atoms with van der Waals surface area (Å²) in [4.78, 5) is 18.0. The molecule has 156 valence electrons. The maximum Gasteiger partial charge on any atom is 0.266 e. The quantitative estimate of drug-likeness (QED) is 0.513. The standard InChI is InChI=1S/C24H21N3O3S/c1-17-10-12-18(13-11-17)14-15-23-25-22-9-4-3-8-21(22)24(28)27(23)20-7-5-6-19(16-20)26-31(2,29)30/h3-16,26H,1-2H3/b15-14+. The largest absolute Gasteiger partial charge is 0.284 e. The van der Waals surface area contributed by atoms with Gasteiger partial charge >= 0.3 is 0 Å². The van der Waals surface area contributed by atoms with Crippen LogP contribution in [-0.2, 0) is 10.0 Å². The Morgan fingerprint density at radius 3 is 2.42 bits per heavy atom. The molecular formula is C24H21N3O3S. The fourth-order valence-corrected chi connectivity index (χ4v) is 3.84. The van der Waals surface area contributed by atoms with Crippen molar-refractivity contribution in [1.29, 1.82) is 0 Å². The molecule has 0 aliphatic carbocycles. The number of fused-ring (bicyclic) bond motifs is 1. The highest BCUT2D eigenvalue weighted by Gasteiger charge is 2.12. The molecule has 1 heterocycles. The van der Waals surface area contributed by atoms with Gasteiger partial charge in [0.25, 0.3) is 5.56 Å². The molecule has 0 spiro atoms. The Balaban J connectivity index is 1.90. The molecule has 4 rings (SSSR count). The zero-order valence-corrected chi connectivity index (χ0v) is 17.9. The molecule has 0 saturated carbocycles. The van der Waals surface area contributed by atoms with E-state index < -0.39 is 10.0 Å². The van der Waals surface area contributed by atoms with Crippen molar-refractivity contribution < 1.29 is 8.42 Å². The summed E-state index contributed by atoms with van der Waals surface area (Å²) in [7, 11) is -3.45. The summed E-state index contributed by atoms with van der Waals surface area (Å²) in [6.45, 7) is 2.02. The van der Waals surface area contributed by atoms with Crippen molar-refractivity contribution in [3.05, 3.63) is 100 Å². The SMILES string of the molecule is Cc1ccc(/C=C/c2nc3ccccc3c(=O)n2-c2cccc(NS(C)(=O)=O)c2)cc1. The van der Waals surface area contributed by atoms with Gasteiger partial charge in [0.05, 0.1) is 28.5 Å². The number of para-hydroxylation sites is 1. The van der Waals surface area contributed by atoms with Crippen LogP contribution in [0, 0.1) is 6.92 Å². The number of sulfonamides is 1. The van der Waals surface area contributed by atoms with E-state index in [1.807, 2.05) is 43.3 Å². The second-order valence-electron chi connectivity index (χ2n) is 7.30. The van der Waals surface area contributed by atoms with E-state index in [-0.39, 0.29) is 5.56 Å². The molecule has 1 N–H and O–H groups in total. The fourth-order valence-electron chi connectivity index (χ4n) is 3.28. The van der Waals surface area contributed by atoms with Crippen molar-refractivity contribution in [2.75, 3.05) is 11.0 Å². The van der Waals surface area contributed by atoms with Crippen LogP contribution in [0.4, 0.5) is 5.69 Å². The van der Waals surface area contributed by atoms with Crippen molar-refractivity contribution >= 4 is 38.8 Å². The molecule has 1 aromatic heterocycles. The Morgan fingerprint density at radius 1 is 0.935 bits per heavy atom. The molecule has 0 saturated heterocycles. The highest BCUT2D eigenvalue weighted by Crippen LogP contribution is 2.19. The van der Waals surface area contributed by atoms with Crippen LogP contribution in [0.25, 0.3) is 28.7 Å². The summed E-state index contributed by atoms with van der Waals surface area (Å²) in [6.07, 6.45) is 4.76. The minimum atomic E-state index is -3.45. The number of benzene rings is 3. The maximum atomic E-state index is 13.4. The van der Waals surface area contributed by atoms with Gasteiger partial charge in [0, 0.05) is 0 Å². The van der Waals surface area contributed by atoms with Gasteiger partial charge in [-0.1, -0.05) is 54.1 Å². The molecule has 6 nitrogen and oxygen atoms in total. The minimum Gasteiger partial charge on any atom is -0.284 e. The predicted octanol–water partition coefficient (Wildman–Crippen LogP) is 4.24. The summed E-state index contributed by atoms with van der Waals surface area (Å²) in [5.41, 5.74) is 3.39. The first-order valence-electron chi connectivity index (χ1n) is 9.65. The van der Waals surface area contributed by atoms with Gasteiger partial charge in [-0.25, -0.2) is 13.4 Å². The van der Waals surface area contributed by atoms with Crippen molar-refractivity contribution in [3.8, 4) is 5.69 Å². The number of nitrogens with one attached hydrogen (secondary N) is 1. The molecule has 0 aliphatic heterocycles. The van der Waals surface area contributed by atoms with Gasteiger partial charge in [0.2, 0.25) is 10.0 Å². The maximum absolute atomic E-state index is 13.4. The second kappa shape index (κ2) is 8.20. The van der Waals surface area contributed by atoms with Crippen LogP contribution in [0.2, 0.25) is 0 Å². The molecule has 0 radical (unpaired) electrons. The number of aromatic nitrogens is 2. The van der Waals surface area contributed by atoms with E-state index in [0.29, 0.717) is 28.1 Å². The molecule has 4 aromatic rings. The van der Waals surface area contributed by atoms with E-state index in [1.165, 1.54) is 4.57 Å². The highest BCUT2D eigenvalue weighted by atomic mass is 32.2. The zero-order chi connectivity index (χ0) is 22.0. The summed E-state index contributed by atoms with van der Waals surface area (Å²) >= 11 is 0. The van der Waals surface area contributed by atoms with Crippen LogP contribution in [0.5, 0.6) is 0 Å². The van der Waals surface area contributed by atoms with Gasteiger partial charge in [-0.05, 0) is 48.9 Å². The number of anilines is 1. The Labute approximate surface area is 180 Å². The number of aryl methyl sites for hydroxylation is 1. The smallest absolute Gasteiger partial charge is 0.266 e. The first-order chi connectivity index (χ1) is 14.8.